The van der Waals surface area contributed by atoms with Gasteiger partial charge in [0.25, 0.3) is 0 Å². The van der Waals surface area contributed by atoms with Crippen LogP contribution in [0.1, 0.15) is 29.2 Å². The second kappa shape index (κ2) is 7.65. The molecule has 24 heavy (non-hydrogen) atoms. The lowest BCUT2D eigenvalue weighted by atomic mass is 10.00. The van der Waals surface area contributed by atoms with Gasteiger partial charge in [-0.1, -0.05) is 12.1 Å². The zero-order valence-corrected chi connectivity index (χ0v) is 14.5. The van der Waals surface area contributed by atoms with Crippen molar-refractivity contribution in [3.8, 4) is 11.5 Å². The molecule has 0 aliphatic heterocycles. The largest absolute Gasteiger partial charge is 0.466 e. The highest BCUT2D eigenvalue weighted by Gasteiger charge is 2.12. The fraction of sp³-hybridized carbons (Fsp3) is 0.300. The molecule has 0 atom stereocenters. The highest BCUT2D eigenvalue weighted by Crippen LogP contribution is 2.32. The van der Waals surface area contributed by atoms with E-state index in [1.807, 2.05) is 39.0 Å². The lowest BCUT2D eigenvalue weighted by molar-refractivity contribution is -0.142. The second-order valence-electron chi connectivity index (χ2n) is 5.62. The third kappa shape index (κ3) is 3.94. The van der Waals surface area contributed by atoms with Gasteiger partial charge < -0.3 is 9.47 Å². The van der Waals surface area contributed by atoms with Gasteiger partial charge in [0.1, 0.15) is 11.5 Å². The summed E-state index contributed by atoms with van der Waals surface area (Å²) in [4.78, 5) is 15.1. The summed E-state index contributed by atoms with van der Waals surface area (Å²) >= 11 is 0. The zero-order valence-electron chi connectivity index (χ0n) is 14.5. The SMILES string of the molecule is [C-]#[N+]c1ccc(Oc2ccc(CC(=O)OCC)c(C)c2C)c(C)c1. The Balaban J connectivity index is 2.25. The number of nitrogens with zero attached hydrogens (tertiary/aromatic N) is 1. The maximum absolute atomic E-state index is 11.7. The van der Waals surface area contributed by atoms with Crippen molar-refractivity contribution in [2.75, 3.05) is 6.61 Å². The molecule has 0 radical (unpaired) electrons. The van der Waals surface area contributed by atoms with Crippen LogP contribution < -0.4 is 4.74 Å². The van der Waals surface area contributed by atoms with Gasteiger partial charge in [0.2, 0.25) is 0 Å². The summed E-state index contributed by atoms with van der Waals surface area (Å²) in [7, 11) is 0. The van der Waals surface area contributed by atoms with E-state index in [-0.39, 0.29) is 12.4 Å². The highest BCUT2D eigenvalue weighted by molar-refractivity contribution is 5.73. The molecule has 0 amide bonds. The maximum Gasteiger partial charge on any atom is 0.310 e. The quantitative estimate of drug-likeness (QED) is 0.570. The van der Waals surface area contributed by atoms with E-state index in [0.29, 0.717) is 12.3 Å². The maximum atomic E-state index is 11.7. The second-order valence-corrected chi connectivity index (χ2v) is 5.62. The van der Waals surface area contributed by atoms with Crippen LogP contribution in [-0.2, 0) is 16.0 Å². The Kier molecular flexibility index (Phi) is 5.59. The molecule has 0 unspecified atom stereocenters. The number of hydrogen-bond acceptors (Lipinski definition) is 3. The van der Waals surface area contributed by atoms with Crippen LogP contribution in [0.3, 0.4) is 0 Å². The van der Waals surface area contributed by atoms with Crippen molar-refractivity contribution in [1.29, 1.82) is 0 Å². The van der Waals surface area contributed by atoms with Gasteiger partial charge in [-0.05, 0) is 68.1 Å². The van der Waals surface area contributed by atoms with Crippen LogP contribution in [0.25, 0.3) is 4.85 Å². The predicted octanol–water partition coefficient (Wildman–Crippen LogP) is 5.06. The Bertz CT molecular complexity index is 803. The van der Waals surface area contributed by atoms with Crippen LogP contribution in [0, 0.1) is 27.3 Å². The van der Waals surface area contributed by atoms with E-state index in [2.05, 4.69) is 4.85 Å². The molecule has 0 heterocycles. The van der Waals surface area contributed by atoms with Crippen LogP contribution in [0.4, 0.5) is 5.69 Å². The predicted molar refractivity (Wildman–Crippen MR) is 93.8 cm³/mol. The summed E-state index contributed by atoms with van der Waals surface area (Å²) in [6.07, 6.45) is 0.263. The summed E-state index contributed by atoms with van der Waals surface area (Å²) in [6, 6.07) is 9.13. The standard InChI is InChI=1S/C20H21NO3/c1-6-23-20(22)12-16-7-9-19(15(4)14(16)3)24-18-10-8-17(21-5)11-13(18)2/h7-11H,6,12H2,1-4H3. The molecule has 0 bridgehead atoms. The van der Waals surface area contributed by atoms with Gasteiger partial charge in [-0.25, -0.2) is 4.85 Å². The summed E-state index contributed by atoms with van der Waals surface area (Å²) in [6.45, 7) is 15.1. The molecule has 2 aromatic carbocycles. The fourth-order valence-electron chi connectivity index (χ4n) is 2.46. The monoisotopic (exact) mass is 323 g/mol. The van der Waals surface area contributed by atoms with E-state index in [4.69, 9.17) is 16.0 Å². The summed E-state index contributed by atoms with van der Waals surface area (Å²) < 4.78 is 11.0. The lowest BCUT2D eigenvalue weighted by Gasteiger charge is -2.15. The van der Waals surface area contributed by atoms with Gasteiger partial charge in [0, 0.05) is 0 Å². The van der Waals surface area contributed by atoms with Crippen LogP contribution in [0.15, 0.2) is 30.3 Å². The number of esters is 1. The van der Waals surface area contributed by atoms with Gasteiger partial charge in [-0.3, -0.25) is 4.79 Å². The highest BCUT2D eigenvalue weighted by atomic mass is 16.5. The molecule has 2 aromatic rings. The minimum Gasteiger partial charge on any atom is -0.466 e. The Labute approximate surface area is 142 Å². The third-order valence-electron chi connectivity index (χ3n) is 4.00. The Morgan fingerprint density at radius 3 is 2.42 bits per heavy atom. The molecule has 2 rings (SSSR count). The molecular formula is C20H21NO3. The number of rotatable bonds is 5. The number of benzene rings is 2. The van der Waals surface area contributed by atoms with Crippen molar-refractivity contribution in [2.45, 2.75) is 34.1 Å². The van der Waals surface area contributed by atoms with E-state index in [1.54, 1.807) is 19.1 Å². The van der Waals surface area contributed by atoms with E-state index in [0.717, 1.165) is 33.8 Å². The van der Waals surface area contributed by atoms with Gasteiger partial charge in [0.05, 0.1) is 19.6 Å². The molecule has 4 nitrogen and oxygen atoms in total. The van der Waals surface area contributed by atoms with Crippen molar-refractivity contribution in [3.05, 3.63) is 64.0 Å². The van der Waals surface area contributed by atoms with Gasteiger partial charge in [0.15, 0.2) is 5.69 Å². The van der Waals surface area contributed by atoms with Crippen LogP contribution >= 0.6 is 0 Å². The smallest absolute Gasteiger partial charge is 0.310 e. The Hall–Kier alpha value is -2.80. The van der Waals surface area contributed by atoms with Crippen molar-refractivity contribution in [2.24, 2.45) is 0 Å². The van der Waals surface area contributed by atoms with Gasteiger partial charge >= 0.3 is 5.97 Å². The van der Waals surface area contributed by atoms with E-state index in [1.165, 1.54) is 0 Å². The molecule has 4 heteroatoms. The normalized spacial score (nSPS) is 10.1. The first-order valence-corrected chi connectivity index (χ1v) is 7.87. The summed E-state index contributed by atoms with van der Waals surface area (Å²) in [5.74, 6) is 1.25. The molecule has 0 spiro atoms. The average Bonchev–Trinajstić information content (AvgIpc) is 2.56. The zero-order chi connectivity index (χ0) is 17.7. The molecular weight excluding hydrogens is 302 g/mol. The van der Waals surface area contributed by atoms with Crippen molar-refractivity contribution >= 4 is 11.7 Å². The Morgan fingerprint density at radius 2 is 1.79 bits per heavy atom. The van der Waals surface area contributed by atoms with Crippen molar-refractivity contribution in [1.82, 2.24) is 0 Å². The van der Waals surface area contributed by atoms with E-state index < -0.39 is 0 Å². The molecule has 124 valence electrons. The number of aryl methyl sites for hydroxylation is 1. The lowest BCUT2D eigenvalue weighted by Crippen LogP contribution is -2.09. The molecule has 0 aromatic heterocycles. The molecule has 0 aliphatic carbocycles. The number of hydrogen-bond donors (Lipinski definition) is 0. The van der Waals surface area contributed by atoms with E-state index in [9.17, 15) is 4.79 Å². The minimum absolute atomic E-state index is 0.223. The van der Waals surface area contributed by atoms with Gasteiger partial charge in [-0.15, -0.1) is 0 Å². The van der Waals surface area contributed by atoms with Crippen LogP contribution in [0.5, 0.6) is 11.5 Å². The number of carbonyl (C=O) groups is 1. The molecule has 0 aliphatic rings. The fourth-order valence-corrected chi connectivity index (χ4v) is 2.46. The minimum atomic E-state index is -0.223. The van der Waals surface area contributed by atoms with Gasteiger partial charge in [-0.2, -0.15) is 0 Å². The molecule has 0 saturated heterocycles. The summed E-state index contributed by atoms with van der Waals surface area (Å²) in [5.41, 5.74) is 4.47. The average molecular weight is 323 g/mol. The van der Waals surface area contributed by atoms with E-state index >= 15 is 0 Å². The first-order chi connectivity index (χ1) is 11.5. The molecule has 0 saturated carbocycles. The third-order valence-corrected chi connectivity index (χ3v) is 4.00. The van der Waals surface area contributed by atoms with Crippen LogP contribution in [0.2, 0.25) is 0 Å². The topological polar surface area (TPSA) is 39.9 Å². The first-order valence-electron chi connectivity index (χ1n) is 7.87. The number of carbonyl (C=O) groups excluding carboxylic acids is 1. The van der Waals surface area contributed by atoms with Crippen molar-refractivity contribution < 1.29 is 14.3 Å². The molecule has 0 fully saturated rings. The van der Waals surface area contributed by atoms with Crippen LogP contribution in [-0.4, -0.2) is 12.6 Å². The first kappa shape index (κ1) is 17.6. The molecule has 0 N–H and O–H groups in total. The number of ether oxygens (including phenoxy) is 2. The summed E-state index contributed by atoms with van der Waals surface area (Å²) in [5, 5.41) is 0. The van der Waals surface area contributed by atoms with Crippen molar-refractivity contribution in [3.63, 3.8) is 0 Å². The Morgan fingerprint density at radius 1 is 1.08 bits per heavy atom.